The average molecular weight is 465 g/mol. The van der Waals surface area contributed by atoms with Gasteiger partial charge in [-0.15, -0.1) is 11.3 Å². The zero-order chi connectivity index (χ0) is 22.8. The number of aryl methyl sites for hydroxylation is 3. The molecule has 0 atom stereocenters. The van der Waals surface area contributed by atoms with E-state index in [1.165, 1.54) is 28.0 Å². The Morgan fingerprint density at radius 2 is 1.84 bits per heavy atom. The van der Waals surface area contributed by atoms with Crippen molar-refractivity contribution in [1.82, 2.24) is 14.8 Å². The van der Waals surface area contributed by atoms with Crippen LogP contribution in [-0.2, 0) is 17.6 Å². The van der Waals surface area contributed by atoms with Crippen molar-refractivity contribution < 1.29 is 4.79 Å². The molecule has 0 aliphatic rings. The van der Waals surface area contributed by atoms with Gasteiger partial charge in [0.05, 0.1) is 17.8 Å². The fourth-order valence-corrected chi connectivity index (χ4v) is 4.59. The van der Waals surface area contributed by atoms with E-state index in [0.717, 1.165) is 39.9 Å². The van der Waals surface area contributed by atoms with Gasteiger partial charge in [-0.25, -0.2) is 9.67 Å². The molecular formula is C25H25ClN4OS. The highest BCUT2D eigenvalue weighted by molar-refractivity contribution is 7.12. The minimum atomic E-state index is -0.124. The number of benzene rings is 2. The molecule has 4 rings (SSSR count). The van der Waals surface area contributed by atoms with Crippen molar-refractivity contribution in [2.24, 2.45) is 0 Å². The molecule has 1 amide bonds. The Hall–Kier alpha value is -2.96. The minimum absolute atomic E-state index is 0.124. The second kappa shape index (κ2) is 9.27. The molecule has 164 valence electrons. The first-order valence-electron chi connectivity index (χ1n) is 10.4. The van der Waals surface area contributed by atoms with Gasteiger partial charge >= 0.3 is 0 Å². The third-order valence-electron chi connectivity index (χ3n) is 5.48. The van der Waals surface area contributed by atoms with E-state index in [0.29, 0.717) is 5.02 Å². The zero-order valence-corrected chi connectivity index (χ0v) is 20.1. The number of carbonyl (C=O) groups excluding carboxylic acids is 1. The molecule has 0 aliphatic carbocycles. The molecule has 5 nitrogen and oxygen atoms in total. The molecule has 2 heterocycles. The van der Waals surface area contributed by atoms with Crippen molar-refractivity contribution in [3.63, 3.8) is 0 Å². The summed E-state index contributed by atoms with van der Waals surface area (Å²) in [6.45, 7) is 8.13. The number of halogens is 1. The smallest absolute Gasteiger partial charge is 0.230 e. The van der Waals surface area contributed by atoms with Gasteiger partial charge in [0, 0.05) is 33.8 Å². The van der Waals surface area contributed by atoms with Crippen molar-refractivity contribution >= 4 is 34.5 Å². The van der Waals surface area contributed by atoms with Gasteiger partial charge in [0.1, 0.15) is 0 Å². The van der Waals surface area contributed by atoms with Gasteiger partial charge in [0.2, 0.25) is 11.0 Å². The van der Waals surface area contributed by atoms with E-state index in [2.05, 4.69) is 48.4 Å². The fourth-order valence-electron chi connectivity index (χ4n) is 3.59. The van der Waals surface area contributed by atoms with Crippen LogP contribution in [0.4, 0.5) is 5.69 Å². The van der Waals surface area contributed by atoms with E-state index in [-0.39, 0.29) is 12.3 Å². The molecule has 1 N–H and O–H groups in total. The van der Waals surface area contributed by atoms with Gasteiger partial charge < -0.3 is 5.32 Å². The summed E-state index contributed by atoms with van der Waals surface area (Å²) in [6, 6.07) is 14.0. The lowest BCUT2D eigenvalue weighted by atomic mass is 10.0. The lowest BCUT2D eigenvalue weighted by Gasteiger charge is -2.08. The summed E-state index contributed by atoms with van der Waals surface area (Å²) in [4.78, 5) is 17.2. The van der Waals surface area contributed by atoms with Crippen LogP contribution < -0.4 is 5.32 Å². The number of hydrogen-bond acceptors (Lipinski definition) is 4. The molecule has 0 aliphatic heterocycles. The highest BCUT2D eigenvalue weighted by Gasteiger charge is 2.17. The summed E-state index contributed by atoms with van der Waals surface area (Å²) < 4.78 is 1.88. The fraction of sp³-hybridized carbons (Fsp3) is 0.240. The Balaban J connectivity index is 1.49. The lowest BCUT2D eigenvalue weighted by molar-refractivity contribution is -0.115. The maximum absolute atomic E-state index is 12.5. The summed E-state index contributed by atoms with van der Waals surface area (Å²) in [7, 11) is 0. The van der Waals surface area contributed by atoms with Gasteiger partial charge in [-0.2, -0.15) is 5.10 Å². The normalized spacial score (nSPS) is 11.0. The van der Waals surface area contributed by atoms with Gasteiger partial charge in [0.25, 0.3) is 0 Å². The lowest BCUT2D eigenvalue weighted by Crippen LogP contribution is -2.15. The maximum atomic E-state index is 12.5. The molecule has 4 aromatic rings. The topological polar surface area (TPSA) is 59.8 Å². The van der Waals surface area contributed by atoms with Crippen LogP contribution >= 0.6 is 22.9 Å². The summed E-state index contributed by atoms with van der Waals surface area (Å²) in [5.74, 6) is -0.124. The molecule has 2 aromatic carbocycles. The summed E-state index contributed by atoms with van der Waals surface area (Å²) in [5.41, 5.74) is 8.19. The predicted octanol–water partition coefficient (Wildman–Crippen LogP) is 5.99. The molecule has 7 heteroatoms. The summed E-state index contributed by atoms with van der Waals surface area (Å²) in [5, 5.41) is 10.9. The van der Waals surface area contributed by atoms with Gasteiger partial charge in [-0.05, 0) is 51.0 Å². The molecular weight excluding hydrogens is 440 g/mol. The van der Waals surface area contributed by atoms with E-state index >= 15 is 0 Å². The highest BCUT2D eigenvalue weighted by atomic mass is 35.5. The molecule has 0 saturated carbocycles. The van der Waals surface area contributed by atoms with Crippen LogP contribution in [0.5, 0.6) is 0 Å². The van der Waals surface area contributed by atoms with Gasteiger partial charge in [-0.3, -0.25) is 4.79 Å². The number of anilines is 1. The number of hydrogen-bond donors (Lipinski definition) is 1. The predicted molar refractivity (Wildman–Crippen MR) is 131 cm³/mol. The second-order valence-corrected chi connectivity index (χ2v) is 9.30. The van der Waals surface area contributed by atoms with E-state index in [1.54, 1.807) is 12.1 Å². The van der Waals surface area contributed by atoms with E-state index in [9.17, 15) is 4.79 Å². The molecule has 0 spiro atoms. The largest absolute Gasteiger partial charge is 0.325 e. The van der Waals surface area contributed by atoms with Crippen molar-refractivity contribution in [3.05, 3.63) is 92.2 Å². The highest BCUT2D eigenvalue weighted by Crippen LogP contribution is 2.24. The standard InChI is InChI=1S/C25H25ClN4OS/c1-15-5-8-19(9-6-15)11-22-17(3)29-30(18(22)4)25-27-21(14-32-25)13-24(31)28-23-12-20(26)10-7-16(23)2/h5-10,12,14H,11,13H2,1-4H3,(H,28,31). The van der Waals surface area contributed by atoms with Crippen LogP contribution in [0.3, 0.4) is 0 Å². The monoisotopic (exact) mass is 464 g/mol. The number of amides is 1. The van der Waals surface area contributed by atoms with Gasteiger partial charge in [-0.1, -0.05) is 47.5 Å². The Labute approximate surface area is 197 Å². The summed E-state index contributed by atoms with van der Waals surface area (Å²) >= 11 is 7.54. The van der Waals surface area contributed by atoms with E-state index < -0.39 is 0 Å². The van der Waals surface area contributed by atoms with Crippen molar-refractivity contribution in [2.45, 2.75) is 40.5 Å². The number of nitrogens with one attached hydrogen (secondary N) is 1. The van der Waals surface area contributed by atoms with Crippen molar-refractivity contribution in [1.29, 1.82) is 0 Å². The van der Waals surface area contributed by atoms with Crippen LogP contribution in [0.15, 0.2) is 47.8 Å². The van der Waals surface area contributed by atoms with Crippen LogP contribution in [-0.4, -0.2) is 20.7 Å². The maximum Gasteiger partial charge on any atom is 0.230 e. The second-order valence-electron chi connectivity index (χ2n) is 8.03. The summed E-state index contributed by atoms with van der Waals surface area (Å²) in [6.07, 6.45) is 1.02. The molecule has 0 unspecified atom stereocenters. The Morgan fingerprint density at radius 3 is 2.59 bits per heavy atom. The number of thiazole rings is 1. The third kappa shape index (κ3) is 4.92. The molecule has 0 bridgehead atoms. The Morgan fingerprint density at radius 1 is 1.09 bits per heavy atom. The quantitative estimate of drug-likeness (QED) is 0.381. The van der Waals surface area contributed by atoms with Crippen LogP contribution in [0.2, 0.25) is 5.02 Å². The third-order valence-corrected chi connectivity index (χ3v) is 6.58. The van der Waals surface area contributed by atoms with Crippen molar-refractivity contribution in [2.75, 3.05) is 5.32 Å². The number of carbonyl (C=O) groups is 1. The number of nitrogens with zero attached hydrogens (tertiary/aromatic N) is 3. The van der Waals surface area contributed by atoms with Crippen LogP contribution in [0.1, 0.15) is 39.3 Å². The Bertz CT molecular complexity index is 1270. The molecule has 0 fully saturated rings. The Kier molecular flexibility index (Phi) is 6.44. The minimum Gasteiger partial charge on any atom is -0.325 e. The first-order valence-corrected chi connectivity index (χ1v) is 11.7. The molecule has 2 aromatic heterocycles. The van der Waals surface area contributed by atoms with Crippen LogP contribution in [0, 0.1) is 27.7 Å². The molecule has 0 radical (unpaired) electrons. The molecule has 0 saturated heterocycles. The first kappa shape index (κ1) is 22.2. The molecule has 32 heavy (non-hydrogen) atoms. The van der Waals surface area contributed by atoms with E-state index in [1.807, 2.05) is 30.0 Å². The number of rotatable bonds is 6. The van der Waals surface area contributed by atoms with E-state index in [4.69, 9.17) is 16.7 Å². The SMILES string of the molecule is Cc1ccc(Cc2c(C)nn(-c3nc(CC(=O)Nc4cc(Cl)ccc4C)cs3)c2C)cc1. The van der Waals surface area contributed by atoms with Crippen LogP contribution in [0.25, 0.3) is 5.13 Å². The first-order chi connectivity index (χ1) is 15.3. The zero-order valence-electron chi connectivity index (χ0n) is 18.6. The van der Waals surface area contributed by atoms with Gasteiger partial charge in [0.15, 0.2) is 0 Å². The van der Waals surface area contributed by atoms with Crippen molar-refractivity contribution in [3.8, 4) is 5.13 Å². The number of aromatic nitrogens is 3. The average Bonchev–Trinajstić information content (AvgIpc) is 3.31.